The minimum atomic E-state index is -1.33. The first-order valence-corrected chi connectivity index (χ1v) is 8.48. The normalized spacial score (nSPS) is 15.5. The largest absolute Gasteiger partial charge is 1.00 e. The monoisotopic (exact) mass is 380 g/mol. The van der Waals surface area contributed by atoms with Gasteiger partial charge in [0.15, 0.2) is 0 Å². The summed E-state index contributed by atoms with van der Waals surface area (Å²) in [5, 5.41) is 39.6. The van der Waals surface area contributed by atoms with Gasteiger partial charge in [0.1, 0.15) is 12.1 Å². The Balaban J connectivity index is 0. The number of allylic oxidation sites excluding steroid dienone is 1. The molecule has 3 N–H and O–H groups in total. The van der Waals surface area contributed by atoms with E-state index in [-0.39, 0.29) is 38.5 Å². The van der Waals surface area contributed by atoms with Crippen LogP contribution in [-0.4, -0.2) is 86.9 Å². The van der Waals surface area contributed by atoms with Crippen LogP contribution < -0.4 is 24.0 Å². The summed E-state index contributed by atoms with van der Waals surface area (Å²) in [6, 6.07) is -3.14. The van der Waals surface area contributed by atoms with Crippen molar-refractivity contribution in [2.24, 2.45) is 0 Å². The third-order valence-corrected chi connectivity index (χ3v) is 4.39. The van der Waals surface area contributed by atoms with Crippen LogP contribution in [0.2, 0.25) is 0 Å². The number of carboxylic acids is 3. The van der Waals surface area contributed by atoms with Crippen molar-refractivity contribution in [3.8, 4) is 0 Å². The molecule has 0 aromatic rings. The Morgan fingerprint density at radius 1 is 1.04 bits per heavy atom. The number of hydrogen-bond acceptors (Lipinski definition) is 7. The average Bonchev–Trinajstić information content (AvgIpc) is 2.57. The molecule has 0 rings (SSSR count). The van der Waals surface area contributed by atoms with Crippen molar-refractivity contribution in [3.05, 3.63) is 12.7 Å². The molecule has 9 nitrogen and oxygen atoms in total. The summed E-state index contributed by atoms with van der Waals surface area (Å²) in [6.07, 6.45) is 1.81. The Labute approximate surface area is 171 Å². The average molecular weight is 380 g/mol. The van der Waals surface area contributed by atoms with Gasteiger partial charge in [-0.2, -0.15) is 0 Å². The fraction of sp³-hybridized carbons (Fsp3) is 0.706. The van der Waals surface area contributed by atoms with E-state index in [4.69, 9.17) is 0 Å². The molecule has 4 unspecified atom stereocenters. The topological polar surface area (TPSA) is 141 Å². The smallest absolute Gasteiger partial charge is 0.548 e. The zero-order chi connectivity index (χ0) is 20.4. The van der Waals surface area contributed by atoms with Crippen molar-refractivity contribution in [2.45, 2.75) is 57.8 Å². The van der Waals surface area contributed by atoms with E-state index in [9.17, 15) is 34.8 Å². The molecule has 0 fully saturated rings. The van der Waals surface area contributed by atoms with Crippen LogP contribution in [0.4, 0.5) is 0 Å². The SMILES string of the molecule is C=CCCC(O)CN(CCN(C(C)C(=O)O)C(C)C(=O)O)C(C)C(=O)[O-].[Li+]. The third kappa shape index (κ3) is 9.93. The molecule has 0 aliphatic rings. The zero-order valence-electron chi connectivity index (χ0n) is 16.5. The minimum absolute atomic E-state index is 0. The first kappa shape index (κ1) is 27.8. The summed E-state index contributed by atoms with van der Waals surface area (Å²) in [6.45, 7) is 7.81. The summed E-state index contributed by atoms with van der Waals surface area (Å²) < 4.78 is 0. The molecule has 0 aromatic carbocycles. The minimum Gasteiger partial charge on any atom is -0.548 e. The van der Waals surface area contributed by atoms with Crippen molar-refractivity contribution in [1.82, 2.24) is 9.80 Å². The molecule has 0 aliphatic carbocycles. The quantitative estimate of drug-likeness (QED) is 0.203. The molecule has 4 atom stereocenters. The van der Waals surface area contributed by atoms with Gasteiger partial charge in [0.05, 0.1) is 12.1 Å². The van der Waals surface area contributed by atoms with Gasteiger partial charge in [-0.15, -0.1) is 6.58 Å². The molecule has 0 aliphatic heterocycles. The third-order valence-electron chi connectivity index (χ3n) is 4.39. The summed E-state index contributed by atoms with van der Waals surface area (Å²) in [4.78, 5) is 36.4. The number of carbonyl (C=O) groups is 3. The second-order valence-corrected chi connectivity index (χ2v) is 6.28. The molecule has 0 bridgehead atoms. The van der Waals surface area contributed by atoms with Gasteiger partial charge in [-0.1, -0.05) is 6.08 Å². The van der Waals surface area contributed by atoms with Gasteiger partial charge in [-0.25, -0.2) is 0 Å². The van der Waals surface area contributed by atoms with Crippen molar-refractivity contribution in [2.75, 3.05) is 19.6 Å². The van der Waals surface area contributed by atoms with Crippen LogP contribution in [0.15, 0.2) is 12.7 Å². The number of carboxylic acid groups (broad SMARTS) is 3. The van der Waals surface area contributed by atoms with E-state index in [1.807, 2.05) is 0 Å². The van der Waals surface area contributed by atoms with Crippen molar-refractivity contribution in [3.63, 3.8) is 0 Å². The second-order valence-electron chi connectivity index (χ2n) is 6.28. The number of hydrogen-bond donors (Lipinski definition) is 3. The zero-order valence-corrected chi connectivity index (χ0v) is 16.5. The maximum absolute atomic E-state index is 11.2. The summed E-state index contributed by atoms with van der Waals surface area (Å²) in [7, 11) is 0. The Kier molecular flexibility index (Phi) is 14.2. The maximum atomic E-state index is 11.2. The number of nitrogens with zero attached hydrogens (tertiary/aromatic N) is 2. The van der Waals surface area contributed by atoms with Crippen molar-refractivity contribution in [1.29, 1.82) is 0 Å². The Morgan fingerprint density at radius 3 is 1.89 bits per heavy atom. The van der Waals surface area contributed by atoms with E-state index in [2.05, 4.69) is 6.58 Å². The van der Waals surface area contributed by atoms with E-state index >= 15 is 0 Å². The molecule has 0 spiro atoms. The molecule has 0 saturated carbocycles. The molecular formula is C17H29LiN2O7. The number of carbonyl (C=O) groups excluding carboxylic acids is 1. The molecule has 10 heteroatoms. The first-order chi connectivity index (χ1) is 12.0. The van der Waals surface area contributed by atoms with Gasteiger partial charge >= 0.3 is 30.8 Å². The standard InChI is InChI=1S/C17H30N2O7.Li/c1-5-6-7-14(20)10-18(11(2)15(21)22)8-9-19(12(3)16(23)24)13(4)17(25)26;/h5,11-14,20H,1,6-10H2,2-4H3,(H,21,22)(H,23,24)(H,25,26);/q;+1/p-1. The number of aliphatic hydroxyl groups excluding tert-OH is 1. The summed E-state index contributed by atoms with van der Waals surface area (Å²) in [5.41, 5.74) is 0. The molecule has 0 radical (unpaired) electrons. The first-order valence-electron chi connectivity index (χ1n) is 8.48. The van der Waals surface area contributed by atoms with Crippen LogP contribution in [0.1, 0.15) is 33.6 Å². The van der Waals surface area contributed by atoms with E-state index in [0.29, 0.717) is 12.8 Å². The number of aliphatic hydroxyl groups is 1. The fourth-order valence-corrected chi connectivity index (χ4v) is 2.51. The van der Waals surface area contributed by atoms with Gasteiger partial charge in [-0.3, -0.25) is 19.4 Å². The predicted molar refractivity (Wildman–Crippen MR) is 92.4 cm³/mol. The molecule has 150 valence electrons. The van der Waals surface area contributed by atoms with E-state index < -0.39 is 42.1 Å². The molecule has 0 amide bonds. The molecule has 0 heterocycles. The van der Waals surface area contributed by atoms with Gasteiger partial charge in [0.25, 0.3) is 0 Å². The van der Waals surface area contributed by atoms with Gasteiger partial charge in [-0.05, 0) is 33.6 Å². The molecule has 27 heavy (non-hydrogen) atoms. The van der Waals surface area contributed by atoms with Crippen LogP contribution in [0.3, 0.4) is 0 Å². The van der Waals surface area contributed by atoms with Crippen LogP contribution in [-0.2, 0) is 14.4 Å². The van der Waals surface area contributed by atoms with Gasteiger partial charge in [0, 0.05) is 25.7 Å². The van der Waals surface area contributed by atoms with Crippen LogP contribution in [0.5, 0.6) is 0 Å². The van der Waals surface area contributed by atoms with Gasteiger partial charge < -0.3 is 25.2 Å². The van der Waals surface area contributed by atoms with Gasteiger partial charge in [0.2, 0.25) is 0 Å². The Bertz CT molecular complexity index is 484. The van der Waals surface area contributed by atoms with E-state index in [1.54, 1.807) is 6.08 Å². The second kappa shape index (κ2) is 13.7. The van der Waals surface area contributed by atoms with Crippen molar-refractivity contribution < 1.29 is 53.7 Å². The van der Waals surface area contributed by atoms with E-state index in [0.717, 1.165) is 0 Å². The molecule has 0 saturated heterocycles. The van der Waals surface area contributed by atoms with Crippen LogP contribution in [0, 0.1) is 0 Å². The molecule has 0 aromatic heterocycles. The number of rotatable bonds is 14. The van der Waals surface area contributed by atoms with Crippen LogP contribution >= 0.6 is 0 Å². The Hall–Kier alpha value is -1.37. The number of aliphatic carboxylic acids is 3. The Morgan fingerprint density at radius 2 is 1.52 bits per heavy atom. The fourth-order valence-electron chi connectivity index (χ4n) is 2.51. The maximum Gasteiger partial charge on any atom is 1.00 e. The molecular weight excluding hydrogens is 351 g/mol. The summed E-state index contributed by atoms with van der Waals surface area (Å²) >= 11 is 0. The summed E-state index contributed by atoms with van der Waals surface area (Å²) in [5.74, 6) is -3.68. The van der Waals surface area contributed by atoms with Crippen LogP contribution in [0.25, 0.3) is 0 Å². The van der Waals surface area contributed by atoms with E-state index in [1.165, 1.54) is 30.6 Å². The predicted octanol–water partition coefficient (Wildman–Crippen LogP) is -3.99. The van der Waals surface area contributed by atoms with Crippen molar-refractivity contribution >= 4 is 17.9 Å².